The summed E-state index contributed by atoms with van der Waals surface area (Å²) in [7, 11) is 0. The molecule has 1 amide bonds. The molecule has 0 bridgehead atoms. The molecule has 1 aromatic carbocycles. The van der Waals surface area contributed by atoms with E-state index in [-0.39, 0.29) is 11.5 Å². The van der Waals surface area contributed by atoms with Crippen LogP contribution in [0, 0.1) is 21.8 Å². The molecule has 1 aromatic rings. The second kappa shape index (κ2) is 6.98. The van der Waals surface area contributed by atoms with Crippen LogP contribution in [0.25, 0.3) is 0 Å². The van der Waals surface area contributed by atoms with Gasteiger partial charge in [-0.3, -0.25) is 14.9 Å². The fourth-order valence-electron chi connectivity index (χ4n) is 1.83. The van der Waals surface area contributed by atoms with E-state index in [1.165, 1.54) is 6.07 Å². The maximum Gasteiger partial charge on any atom is 0.304 e. The van der Waals surface area contributed by atoms with Crippen molar-refractivity contribution in [1.82, 2.24) is 4.90 Å². The summed E-state index contributed by atoms with van der Waals surface area (Å²) in [5.41, 5.74) is -0.482. The molecule has 0 aromatic heterocycles. The molecule has 0 fully saturated rings. The van der Waals surface area contributed by atoms with Gasteiger partial charge in [-0.15, -0.1) is 0 Å². The zero-order chi connectivity index (χ0) is 15.3. The Morgan fingerprint density at radius 2 is 2.10 bits per heavy atom. The molecule has 1 rings (SSSR count). The summed E-state index contributed by atoms with van der Waals surface area (Å²) in [4.78, 5) is 23.6. The van der Waals surface area contributed by atoms with E-state index in [1.807, 2.05) is 20.8 Å². The highest BCUT2D eigenvalue weighted by Crippen LogP contribution is 2.19. The lowest BCUT2D eigenvalue weighted by Crippen LogP contribution is -2.34. The van der Waals surface area contributed by atoms with E-state index in [0.717, 1.165) is 18.6 Å². The van der Waals surface area contributed by atoms with Gasteiger partial charge in [-0.05, 0) is 25.0 Å². The Kier molecular flexibility index (Phi) is 5.61. The predicted octanol–water partition coefficient (Wildman–Crippen LogP) is 3.24. The van der Waals surface area contributed by atoms with Crippen LogP contribution in [0.5, 0.6) is 0 Å². The van der Waals surface area contributed by atoms with Gasteiger partial charge in [-0.25, -0.2) is 0 Å². The van der Waals surface area contributed by atoms with Gasteiger partial charge in [0, 0.05) is 24.7 Å². The van der Waals surface area contributed by atoms with Gasteiger partial charge < -0.3 is 4.90 Å². The minimum absolute atomic E-state index is 0.137. The van der Waals surface area contributed by atoms with Crippen molar-refractivity contribution >= 4 is 11.6 Å². The van der Waals surface area contributed by atoms with Crippen LogP contribution in [0.3, 0.4) is 0 Å². The van der Waals surface area contributed by atoms with Crippen molar-refractivity contribution in [2.45, 2.75) is 27.2 Å². The molecule has 0 aliphatic heterocycles. The lowest BCUT2D eigenvalue weighted by molar-refractivity contribution is -0.387. The largest absolute Gasteiger partial charge is 0.339 e. The molecule has 0 aliphatic rings. The molecular weight excluding hydrogens is 263 g/mol. The number of halogens is 1. The molecule has 0 aliphatic carbocycles. The Morgan fingerprint density at radius 3 is 2.55 bits per heavy atom. The fourth-order valence-corrected chi connectivity index (χ4v) is 1.83. The van der Waals surface area contributed by atoms with E-state index >= 15 is 0 Å². The Hall–Kier alpha value is -1.98. The van der Waals surface area contributed by atoms with Gasteiger partial charge in [0.2, 0.25) is 5.82 Å². The van der Waals surface area contributed by atoms with Crippen LogP contribution in [-0.4, -0.2) is 28.8 Å². The maximum atomic E-state index is 13.5. The van der Waals surface area contributed by atoms with Gasteiger partial charge in [0.1, 0.15) is 0 Å². The molecule has 0 saturated heterocycles. The van der Waals surface area contributed by atoms with E-state index in [9.17, 15) is 19.3 Å². The number of nitrogens with zero attached hydrogens (tertiary/aromatic N) is 2. The average molecular weight is 282 g/mol. The van der Waals surface area contributed by atoms with Crippen LogP contribution >= 0.6 is 0 Å². The summed E-state index contributed by atoms with van der Waals surface area (Å²) in [6, 6.07) is 3.25. The molecule has 0 saturated carbocycles. The lowest BCUT2D eigenvalue weighted by Gasteiger charge is -2.24. The van der Waals surface area contributed by atoms with Gasteiger partial charge in [-0.1, -0.05) is 20.3 Å². The molecular formula is C14H19FN2O3. The van der Waals surface area contributed by atoms with Crippen LogP contribution in [0.1, 0.15) is 37.6 Å². The standard InChI is InChI=1S/C14H19FN2O3/c1-4-10(3)9-16(5-2)14(18)11-6-7-13(17(19)20)12(15)8-11/h6-8,10H,4-5,9H2,1-3H3. The first-order valence-corrected chi connectivity index (χ1v) is 6.63. The summed E-state index contributed by atoms with van der Waals surface area (Å²) in [5.74, 6) is -0.941. The fraction of sp³-hybridized carbons (Fsp3) is 0.500. The first-order valence-electron chi connectivity index (χ1n) is 6.63. The molecule has 0 N–H and O–H groups in total. The highest BCUT2D eigenvalue weighted by molar-refractivity contribution is 5.94. The molecule has 110 valence electrons. The summed E-state index contributed by atoms with van der Waals surface area (Å²) in [5, 5.41) is 10.5. The molecule has 5 nitrogen and oxygen atoms in total. The topological polar surface area (TPSA) is 63.5 Å². The first kappa shape index (κ1) is 16.1. The van der Waals surface area contributed by atoms with Crippen LogP contribution in [0.2, 0.25) is 0 Å². The quantitative estimate of drug-likeness (QED) is 0.594. The predicted molar refractivity (Wildman–Crippen MR) is 74.1 cm³/mol. The number of benzene rings is 1. The van der Waals surface area contributed by atoms with Gasteiger partial charge in [0.05, 0.1) is 4.92 Å². The second-order valence-corrected chi connectivity index (χ2v) is 4.78. The summed E-state index contributed by atoms with van der Waals surface area (Å²) < 4.78 is 13.5. The number of hydrogen-bond donors (Lipinski definition) is 0. The van der Waals surface area contributed by atoms with Crippen molar-refractivity contribution < 1.29 is 14.1 Å². The average Bonchev–Trinajstić information content (AvgIpc) is 2.43. The zero-order valence-corrected chi connectivity index (χ0v) is 11.9. The van der Waals surface area contributed by atoms with Crippen molar-refractivity contribution in [2.75, 3.05) is 13.1 Å². The Morgan fingerprint density at radius 1 is 1.45 bits per heavy atom. The van der Waals surface area contributed by atoms with Crippen molar-refractivity contribution in [1.29, 1.82) is 0 Å². The number of nitro groups is 1. The SMILES string of the molecule is CCC(C)CN(CC)C(=O)c1ccc([N+](=O)[O-])c(F)c1. The highest BCUT2D eigenvalue weighted by atomic mass is 19.1. The molecule has 1 unspecified atom stereocenters. The highest BCUT2D eigenvalue weighted by Gasteiger charge is 2.20. The lowest BCUT2D eigenvalue weighted by atomic mass is 10.1. The maximum absolute atomic E-state index is 13.5. The van der Waals surface area contributed by atoms with E-state index in [0.29, 0.717) is 19.0 Å². The third kappa shape index (κ3) is 3.76. The number of amides is 1. The molecule has 20 heavy (non-hydrogen) atoms. The molecule has 0 heterocycles. The van der Waals surface area contributed by atoms with E-state index in [4.69, 9.17) is 0 Å². The summed E-state index contributed by atoms with van der Waals surface area (Å²) in [6.07, 6.45) is 0.943. The number of nitro benzene ring substituents is 1. The molecule has 6 heteroatoms. The molecule has 0 spiro atoms. The van der Waals surface area contributed by atoms with Crippen LogP contribution in [0.15, 0.2) is 18.2 Å². The minimum atomic E-state index is -0.986. The number of carbonyl (C=O) groups excluding carboxylic acids is 1. The van der Waals surface area contributed by atoms with Crippen molar-refractivity contribution in [3.8, 4) is 0 Å². The summed E-state index contributed by atoms with van der Waals surface area (Å²) >= 11 is 0. The minimum Gasteiger partial charge on any atom is -0.339 e. The van der Waals surface area contributed by atoms with Gasteiger partial charge in [0.25, 0.3) is 5.91 Å². The van der Waals surface area contributed by atoms with E-state index in [1.54, 1.807) is 4.90 Å². The van der Waals surface area contributed by atoms with Crippen molar-refractivity contribution in [2.24, 2.45) is 5.92 Å². The van der Waals surface area contributed by atoms with Crippen LogP contribution < -0.4 is 0 Å². The Balaban J connectivity index is 2.95. The summed E-state index contributed by atoms with van der Waals surface area (Å²) in [6.45, 7) is 7.02. The monoisotopic (exact) mass is 282 g/mol. The van der Waals surface area contributed by atoms with Crippen molar-refractivity contribution in [3.63, 3.8) is 0 Å². The van der Waals surface area contributed by atoms with E-state index in [2.05, 4.69) is 0 Å². The normalized spacial score (nSPS) is 12.0. The van der Waals surface area contributed by atoms with Crippen LogP contribution in [-0.2, 0) is 0 Å². The first-order chi connectivity index (χ1) is 9.40. The van der Waals surface area contributed by atoms with Gasteiger partial charge in [0.15, 0.2) is 0 Å². The van der Waals surface area contributed by atoms with Gasteiger partial charge in [-0.2, -0.15) is 4.39 Å². The Bertz CT molecular complexity index is 505. The second-order valence-electron chi connectivity index (χ2n) is 4.78. The smallest absolute Gasteiger partial charge is 0.304 e. The number of rotatable bonds is 6. The van der Waals surface area contributed by atoms with Gasteiger partial charge >= 0.3 is 5.69 Å². The number of hydrogen-bond acceptors (Lipinski definition) is 3. The molecule has 0 radical (unpaired) electrons. The number of carbonyl (C=O) groups is 1. The molecule has 1 atom stereocenters. The van der Waals surface area contributed by atoms with Crippen LogP contribution in [0.4, 0.5) is 10.1 Å². The Labute approximate surface area is 117 Å². The third-order valence-corrected chi connectivity index (χ3v) is 3.29. The third-order valence-electron chi connectivity index (χ3n) is 3.29. The van der Waals surface area contributed by atoms with E-state index < -0.39 is 16.4 Å². The van der Waals surface area contributed by atoms with Crippen molar-refractivity contribution in [3.05, 3.63) is 39.7 Å². The zero-order valence-electron chi connectivity index (χ0n) is 11.9.